The maximum Gasteiger partial charge on any atom is 0.271 e. The standard InChI is InChI=1S/C18H12N4O4S/c23-15(21-11-4-3-5-12(8-11)22(24)25)9-27-18-17-16(19-10-20-18)13-6-1-2-7-14(13)26-17/h1-8,10H,9H2,(H,21,23). The number of nitrogens with zero attached hydrogens (tertiary/aromatic N) is 3. The Hall–Kier alpha value is -3.46. The SMILES string of the molecule is O=C(CSc1ncnc2c1oc1ccccc12)Nc1cccc([N+](=O)[O-])c1. The molecule has 1 N–H and O–H groups in total. The number of aromatic nitrogens is 2. The second-order valence-electron chi connectivity index (χ2n) is 5.60. The maximum atomic E-state index is 12.2. The van der Waals surface area contributed by atoms with Crippen LogP contribution in [0.5, 0.6) is 0 Å². The number of hydrogen-bond donors (Lipinski definition) is 1. The van der Waals surface area contributed by atoms with Crippen LogP contribution in [0.25, 0.3) is 22.1 Å². The normalized spacial score (nSPS) is 11.0. The topological polar surface area (TPSA) is 111 Å². The zero-order valence-electron chi connectivity index (χ0n) is 13.8. The van der Waals surface area contributed by atoms with E-state index in [4.69, 9.17) is 4.42 Å². The Labute approximate surface area is 156 Å². The monoisotopic (exact) mass is 380 g/mol. The van der Waals surface area contributed by atoms with Gasteiger partial charge in [0.25, 0.3) is 5.69 Å². The van der Waals surface area contributed by atoms with Crippen molar-refractivity contribution in [3.8, 4) is 0 Å². The summed E-state index contributed by atoms with van der Waals surface area (Å²) in [7, 11) is 0. The third-order valence-corrected chi connectivity index (χ3v) is 4.78. The summed E-state index contributed by atoms with van der Waals surface area (Å²) in [4.78, 5) is 31.0. The van der Waals surface area contributed by atoms with Crippen molar-refractivity contribution in [1.82, 2.24) is 9.97 Å². The number of benzene rings is 2. The number of amides is 1. The van der Waals surface area contributed by atoms with Crippen LogP contribution in [0.3, 0.4) is 0 Å². The van der Waals surface area contributed by atoms with Gasteiger partial charge in [-0.15, -0.1) is 0 Å². The lowest BCUT2D eigenvalue weighted by atomic mass is 10.2. The summed E-state index contributed by atoms with van der Waals surface area (Å²) in [6.45, 7) is 0. The molecule has 0 aliphatic heterocycles. The van der Waals surface area contributed by atoms with Gasteiger partial charge in [-0.3, -0.25) is 14.9 Å². The number of furan rings is 1. The van der Waals surface area contributed by atoms with Crippen LogP contribution in [0.4, 0.5) is 11.4 Å². The summed E-state index contributed by atoms with van der Waals surface area (Å²) in [5.74, 6) is -0.227. The molecule has 8 nitrogen and oxygen atoms in total. The number of fused-ring (bicyclic) bond motifs is 3. The zero-order valence-corrected chi connectivity index (χ0v) is 14.6. The zero-order chi connectivity index (χ0) is 18.8. The molecular weight excluding hydrogens is 368 g/mol. The largest absolute Gasteiger partial charge is 0.451 e. The molecule has 0 unspecified atom stereocenters. The molecule has 2 aromatic carbocycles. The number of anilines is 1. The van der Waals surface area contributed by atoms with Crippen LogP contribution in [0.15, 0.2) is 64.3 Å². The van der Waals surface area contributed by atoms with Crippen LogP contribution in [-0.2, 0) is 4.79 Å². The Balaban J connectivity index is 1.51. The van der Waals surface area contributed by atoms with Gasteiger partial charge in [0.15, 0.2) is 5.58 Å². The summed E-state index contributed by atoms with van der Waals surface area (Å²) >= 11 is 1.21. The molecule has 0 saturated carbocycles. The molecule has 0 radical (unpaired) electrons. The number of rotatable bonds is 5. The van der Waals surface area contributed by atoms with Crippen molar-refractivity contribution < 1.29 is 14.1 Å². The molecule has 4 rings (SSSR count). The minimum atomic E-state index is -0.510. The average Bonchev–Trinajstić information content (AvgIpc) is 3.06. The molecule has 27 heavy (non-hydrogen) atoms. The van der Waals surface area contributed by atoms with Gasteiger partial charge in [-0.1, -0.05) is 30.0 Å². The molecule has 0 atom stereocenters. The van der Waals surface area contributed by atoms with E-state index in [0.717, 1.165) is 5.39 Å². The van der Waals surface area contributed by atoms with Gasteiger partial charge in [0, 0.05) is 23.2 Å². The molecule has 2 heterocycles. The average molecular weight is 380 g/mol. The van der Waals surface area contributed by atoms with Gasteiger partial charge in [0.2, 0.25) is 5.91 Å². The number of nitro benzene ring substituents is 1. The van der Waals surface area contributed by atoms with Crippen LogP contribution in [0.2, 0.25) is 0 Å². The quantitative estimate of drug-likeness (QED) is 0.241. The number of carbonyl (C=O) groups excluding carboxylic acids is 1. The fourth-order valence-corrected chi connectivity index (χ4v) is 3.36. The predicted octanol–water partition coefficient (Wildman–Crippen LogP) is 4.02. The van der Waals surface area contributed by atoms with Gasteiger partial charge in [0.1, 0.15) is 22.5 Å². The fourth-order valence-electron chi connectivity index (χ4n) is 2.63. The minimum Gasteiger partial charge on any atom is -0.451 e. The van der Waals surface area contributed by atoms with Gasteiger partial charge in [-0.25, -0.2) is 9.97 Å². The van der Waals surface area contributed by atoms with Crippen LogP contribution in [-0.4, -0.2) is 26.6 Å². The van der Waals surface area contributed by atoms with Crippen molar-refractivity contribution in [3.05, 3.63) is 65.0 Å². The van der Waals surface area contributed by atoms with Crippen molar-refractivity contribution in [2.45, 2.75) is 5.03 Å². The van der Waals surface area contributed by atoms with Crippen molar-refractivity contribution in [3.63, 3.8) is 0 Å². The molecule has 2 aromatic heterocycles. The van der Waals surface area contributed by atoms with Crippen LogP contribution in [0.1, 0.15) is 0 Å². The Morgan fingerprint density at radius 3 is 2.89 bits per heavy atom. The van der Waals surface area contributed by atoms with Crippen LogP contribution < -0.4 is 5.32 Å². The van der Waals surface area contributed by atoms with E-state index in [-0.39, 0.29) is 17.3 Å². The number of carbonyl (C=O) groups is 1. The van der Waals surface area contributed by atoms with E-state index in [1.807, 2.05) is 24.3 Å². The molecule has 0 aliphatic rings. The number of para-hydroxylation sites is 1. The van der Waals surface area contributed by atoms with E-state index in [2.05, 4.69) is 15.3 Å². The van der Waals surface area contributed by atoms with Crippen molar-refractivity contribution in [1.29, 1.82) is 0 Å². The van der Waals surface area contributed by atoms with E-state index in [1.54, 1.807) is 6.07 Å². The highest BCUT2D eigenvalue weighted by molar-refractivity contribution is 8.00. The lowest BCUT2D eigenvalue weighted by Crippen LogP contribution is -2.14. The number of nitrogens with one attached hydrogen (secondary N) is 1. The first-order valence-electron chi connectivity index (χ1n) is 7.91. The van der Waals surface area contributed by atoms with Gasteiger partial charge < -0.3 is 9.73 Å². The molecule has 0 bridgehead atoms. The summed E-state index contributed by atoms with van der Waals surface area (Å²) in [5.41, 5.74) is 2.22. The molecule has 0 spiro atoms. The van der Waals surface area contributed by atoms with E-state index in [1.165, 1.54) is 36.3 Å². The molecule has 4 aromatic rings. The van der Waals surface area contributed by atoms with E-state index >= 15 is 0 Å². The van der Waals surface area contributed by atoms with Crippen molar-refractivity contribution in [2.24, 2.45) is 0 Å². The summed E-state index contributed by atoms with van der Waals surface area (Å²) in [5, 5.41) is 14.9. The molecule has 134 valence electrons. The van der Waals surface area contributed by atoms with Gasteiger partial charge in [-0.05, 0) is 18.2 Å². The smallest absolute Gasteiger partial charge is 0.271 e. The van der Waals surface area contributed by atoms with E-state index in [0.29, 0.717) is 27.4 Å². The molecule has 0 saturated heterocycles. The highest BCUT2D eigenvalue weighted by Crippen LogP contribution is 2.32. The number of nitro groups is 1. The second kappa shape index (κ2) is 7.04. The third-order valence-electron chi connectivity index (χ3n) is 3.81. The molecular formula is C18H12N4O4S. The number of non-ortho nitro benzene ring substituents is 1. The lowest BCUT2D eigenvalue weighted by Gasteiger charge is -2.05. The van der Waals surface area contributed by atoms with Crippen LogP contribution >= 0.6 is 11.8 Å². The first kappa shape index (κ1) is 17.0. The van der Waals surface area contributed by atoms with Gasteiger partial charge in [0.05, 0.1) is 10.7 Å². The lowest BCUT2D eigenvalue weighted by molar-refractivity contribution is -0.384. The summed E-state index contributed by atoms with van der Waals surface area (Å²) < 4.78 is 5.82. The molecule has 9 heteroatoms. The predicted molar refractivity (Wildman–Crippen MR) is 102 cm³/mol. The minimum absolute atomic E-state index is 0.0752. The molecule has 0 aliphatic carbocycles. The third kappa shape index (κ3) is 3.44. The van der Waals surface area contributed by atoms with Crippen molar-refractivity contribution in [2.75, 3.05) is 11.1 Å². The summed E-state index contributed by atoms with van der Waals surface area (Å²) in [6.07, 6.45) is 1.44. The molecule has 1 amide bonds. The Morgan fingerprint density at radius 1 is 1.19 bits per heavy atom. The molecule has 0 fully saturated rings. The number of thioether (sulfide) groups is 1. The van der Waals surface area contributed by atoms with E-state index in [9.17, 15) is 14.9 Å². The Morgan fingerprint density at radius 2 is 2.04 bits per heavy atom. The van der Waals surface area contributed by atoms with Crippen LogP contribution in [0, 0.1) is 10.1 Å². The number of hydrogen-bond acceptors (Lipinski definition) is 7. The highest BCUT2D eigenvalue weighted by atomic mass is 32.2. The summed E-state index contributed by atoms with van der Waals surface area (Å²) in [6, 6.07) is 13.3. The second-order valence-corrected chi connectivity index (χ2v) is 6.56. The fraction of sp³-hybridized carbons (Fsp3) is 0.0556. The first-order chi connectivity index (χ1) is 13.1. The Kier molecular flexibility index (Phi) is 4.43. The van der Waals surface area contributed by atoms with Gasteiger partial charge in [-0.2, -0.15) is 0 Å². The maximum absolute atomic E-state index is 12.2. The highest BCUT2D eigenvalue weighted by Gasteiger charge is 2.15. The Bertz CT molecular complexity index is 1170. The van der Waals surface area contributed by atoms with Gasteiger partial charge >= 0.3 is 0 Å². The first-order valence-corrected chi connectivity index (χ1v) is 8.90. The van der Waals surface area contributed by atoms with E-state index < -0.39 is 4.92 Å². The van der Waals surface area contributed by atoms with Crippen molar-refractivity contribution >= 4 is 51.1 Å².